The van der Waals surface area contributed by atoms with Gasteiger partial charge in [-0.15, -0.1) is 0 Å². The van der Waals surface area contributed by atoms with Gasteiger partial charge in [-0.3, -0.25) is 9.76 Å². The highest BCUT2D eigenvalue weighted by Gasteiger charge is 2.56. The van der Waals surface area contributed by atoms with Crippen LogP contribution in [-0.4, -0.2) is 65.8 Å². The number of carboxylic acids is 1. The molecule has 18 heteroatoms. The van der Waals surface area contributed by atoms with Crippen LogP contribution in [0.5, 0.6) is 11.6 Å². The standard InChI is InChI=1S/C24H28F6N4O7S/c1-21(2,3)41-20(37)34-16(19(35)36)7-9-42(31,39)10-8-22(38,24(28,29)30)17-12-33-18(13-32-17)40-15-6-4-5-14(11-15)23(25,26)27/h4-6,11-13,16,31,38H,7-10H2,1-3H3,(H,34,37)(H,35,36)/t16-,22?,42?/m0/s1. The normalized spacial score (nSPS) is 16.0. The molecule has 0 spiro atoms. The second-order valence-electron chi connectivity index (χ2n) is 10.0. The van der Waals surface area contributed by atoms with Crippen LogP contribution in [0.2, 0.25) is 0 Å². The van der Waals surface area contributed by atoms with Gasteiger partial charge in [0.25, 0.3) is 0 Å². The van der Waals surface area contributed by atoms with Crippen LogP contribution in [0.25, 0.3) is 0 Å². The lowest BCUT2D eigenvalue weighted by Crippen LogP contribution is -2.45. The molecule has 1 aromatic heterocycles. The van der Waals surface area contributed by atoms with E-state index < -0.39 is 92.9 Å². The number of aliphatic hydroxyl groups is 1. The van der Waals surface area contributed by atoms with E-state index in [4.69, 9.17) is 14.3 Å². The zero-order chi connectivity index (χ0) is 32.1. The number of ether oxygens (including phenoxy) is 2. The van der Waals surface area contributed by atoms with Crippen molar-refractivity contribution in [1.29, 1.82) is 4.78 Å². The van der Waals surface area contributed by atoms with Crippen LogP contribution < -0.4 is 10.1 Å². The lowest BCUT2D eigenvalue weighted by molar-refractivity contribution is -0.269. The Morgan fingerprint density at radius 2 is 1.71 bits per heavy atom. The molecule has 234 valence electrons. The number of carboxylic acid groups (broad SMARTS) is 1. The zero-order valence-electron chi connectivity index (χ0n) is 22.4. The number of rotatable bonds is 11. The number of hydrogen-bond donors (Lipinski definition) is 4. The van der Waals surface area contributed by atoms with Crippen molar-refractivity contribution >= 4 is 21.8 Å². The molecule has 0 aliphatic carbocycles. The Hall–Kier alpha value is -3.67. The van der Waals surface area contributed by atoms with Gasteiger partial charge in [0.05, 0.1) is 23.7 Å². The highest BCUT2D eigenvalue weighted by atomic mass is 32.2. The van der Waals surface area contributed by atoms with E-state index in [9.17, 15) is 50.4 Å². The van der Waals surface area contributed by atoms with E-state index in [1.54, 1.807) is 0 Å². The summed E-state index contributed by atoms with van der Waals surface area (Å²) in [5, 5.41) is 21.8. The Morgan fingerprint density at radius 3 is 2.21 bits per heavy atom. The van der Waals surface area contributed by atoms with Crippen molar-refractivity contribution in [1.82, 2.24) is 15.3 Å². The summed E-state index contributed by atoms with van der Waals surface area (Å²) in [6.45, 7) is 4.55. The lowest BCUT2D eigenvalue weighted by Gasteiger charge is -2.30. The molecule has 11 nitrogen and oxygen atoms in total. The number of benzene rings is 1. The van der Waals surface area contributed by atoms with Gasteiger partial charge in [0, 0.05) is 27.7 Å². The fraction of sp³-hybridized carbons (Fsp3) is 0.500. The minimum absolute atomic E-state index is 0.340. The molecule has 2 unspecified atom stereocenters. The SMILES string of the molecule is CC(C)(C)OC(=O)N[C@@H](CCS(=N)(=O)CCC(O)(c1cnc(Oc2cccc(C(F)(F)F)c2)cn1)C(F)(F)F)C(=O)O. The Balaban J connectivity index is 2.14. The van der Waals surface area contributed by atoms with Crippen LogP contribution in [0.3, 0.4) is 0 Å². The van der Waals surface area contributed by atoms with Gasteiger partial charge in [-0.25, -0.2) is 18.8 Å². The van der Waals surface area contributed by atoms with Crippen molar-refractivity contribution < 1.29 is 59.8 Å². The van der Waals surface area contributed by atoms with Crippen LogP contribution in [0.1, 0.15) is 44.9 Å². The first-order valence-electron chi connectivity index (χ1n) is 12.0. The number of hydrogen-bond acceptors (Lipinski definition) is 9. The summed E-state index contributed by atoms with van der Waals surface area (Å²) in [5.41, 5.74) is -6.84. The molecule has 3 atom stereocenters. The van der Waals surface area contributed by atoms with Gasteiger partial charge in [0.2, 0.25) is 11.5 Å². The van der Waals surface area contributed by atoms with Gasteiger partial charge in [0.1, 0.15) is 17.4 Å². The Morgan fingerprint density at radius 1 is 1.07 bits per heavy atom. The Kier molecular flexibility index (Phi) is 10.4. The number of alkyl halides is 6. The van der Waals surface area contributed by atoms with Gasteiger partial charge >= 0.3 is 24.4 Å². The number of amides is 1. The molecule has 1 aromatic carbocycles. The molecule has 0 radical (unpaired) electrons. The zero-order valence-corrected chi connectivity index (χ0v) is 23.2. The van der Waals surface area contributed by atoms with Crippen LogP contribution in [0.15, 0.2) is 36.7 Å². The first-order valence-corrected chi connectivity index (χ1v) is 13.9. The van der Waals surface area contributed by atoms with Gasteiger partial charge in [-0.1, -0.05) is 6.07 Å². The predicted molar refractivity (Wildman–Crippen MR) is 134 cm³/mol. The Bertz CT molecular complexity index is 1360. The van der Waals surface area contributed by atoms with Crippen LogP contribution in [0, 0.1) is 4.78 Å². The molecule has 0 fully saturated rings. The summed E-state index contributed by atoms with van der Waals surface area (Å²) in [5.74, 6) is -4.20. The number of carbonyl (C=O) groups excluding carboxylic acids is 1. The maximum atomic E-state index is 13.9. The van der Waals surface area contributed by atoms with E-state index in [0.29, 0.717) is 18.5 Å². The van der Waals surface area contributed by atoms with E-state index >= 15 is 0 Å². The van der Waals surface area contributed by atoms with Gasteiger partial charge in [0.15, 0.2) is 0 Å². The molecule has 42 heavy (non-hydrogen) atoms. The number of halogens is 6. The summed E-state index contributed by atoms with van der Waals surface area (Å²) in [6.07, 6.45) is -12.0. The van der Waals surface area contributed by atoms with E-state index in [1.165, 1.54) is 20.8 Å². The third kappa shape index (κ3) is 10.0. The van der Waals surface area contributed by atoms with E-state index in [1.807, 2.05) is 5.32 Å². The maximum absolute atomic E-state index is 13.9. The van der Waals surface area contributed by atoms with Gasteiger partial charge in [-0.2, -0.15) is 26.3 Å². The number of aliphatic carboxylic acids is 1. The average Bonchev–Trinajstić information content (AvgIpc) is 2.83. The molecule has 0 aliphatic heterocycles. The maximum Gasteiger partial charge on any atom is 0.423 e. The third-order valence-corrected chi connectivity index (χ3v) is 7.18. The number of nitrogens with one attached hydrogen (secondary N) is 2. The van der Waals surface area contributed by atoms with Crippen molar-refractivity contribution in [2.24, 2.45) is 0 Å². The lowest BCUT2D eigenvalue weighted by atomic mass is 9.96. The van der Waals surface area contributed by atoms with Crippen LogP contribution >= 0.6 is 0 Å². The predicted octanol–water partition coefficient (Wildman–Crippen LogP) is 4.84. The number of nitrogens with zero attached hydrogens (tertiary/aromatic N) is 2. The average molecular weight is 631 g/mol. The first-order chi connectivity index (χ1) is 19.0. The summed E-state index contributed by atoms with van der Waals surface area (Å²) >= 11 is 0. The summed E-state index contributed by atoms with van der Waals surface area (Å²) in [4.78, 5) is 30.4. The fourth-order valence-electron chi connectivity index (χ4n) is 3.28. The quantitative estimate of drug-likeness (QED) is 0.254. The Labute approximate surface area is 236 Å². The number of alkyl carbamates (subject to hydrolysis) is 1. The second kappa shape index (κ2) is 12.7. The first kappa shape index (κ1) is 34.5. The summed E-state index contributed by atoms with van der Waals surface area (Å²) in [7, 11) is -3.93. The topological polar surface area (TPSA) is 172 Å². The molecule has 1 heterocycles. The molecule has 4 N–H and O–H groups in total. The van der Waals surface area contributed by atoms with Gasteiger partial charge < -0.3 is 25.0 Å². The monoisotopic (exact) mass is 630 g/mol. The molecule has 0 saturated carbocycles. The van der Waals surface area contributed by atoms with Crippen molar-refractivity contribution in [3.63, 3.8) is 0 Å². The minimum atomic E-state index is -5.40. The van der Waals surface area contributed by atoms with Crippen molar-refractivity contribution in [3.8, 4) is 11.6 Å². The molecule has 0 saturated heterocycles. The van der Waals surface area contributed by atoms with E-state index in [0.717, 1.165) is 18.2 Å². The molecule has 1 amide bonds. The molecule has 2 rings (SSSR count). The largest absolute Gasteiger partial charge is 0.480 e. The highest BCUT2D eigenvalue weighted by Crippen LogP contribution is 2.41. The van der Waals surface area contributed by atoms with E-state index in [-0.39, 0.29) is 5.75 Å². The van der Waals surface area contributed by atoms with E-state index in [2.05, 4.69) is 9.97 Å². The number of carbonyl (C=O) groups is 2. The van der Waals surface area contributed by atoms with Gasteiger partial charge in [-0.05, 0) is 45.4 Å². The molecule has 0 bridgehead atoms. The molecule has 0 aliphatic rings. The van der Waals surface area contributed by atoms with Crippen molar-refractivity contribution in [2.45, 2.75) is 63.2 Å². The fourth-order valence-corrected chi connectivity index (χ4v) is 4.73. The second-order valence-corrected chi connectivity index (χ2v) is 12.5. The smallest absolute Gasteiger partial charge is 0.423 e. The molecular formula is C24H28F6N4O7S. The molecule has 2 aromatic rings. The van der Waals surface area contributed by atoms with Crippen molar-refractivity contribution in [3.05, 3.63) is 47.9 Å². The molecular weight excluding hydrogens is 602 g/mol. The highest BCUT2D eigenvalue weighted by molar-refractivity contribution is 7.92. The number of aromatic nitrogens is 2. The minimum Gasteiger partial charge on any atom is -0.480 e. The third-order valence-electron chi connectivity index (χ3n) is 5.42. The summed E-state index contributed by atoms with van der Waals surface area (Å²) in [6, 6.07) is 1.91. The van der Waals surface area contributed by atoms with Crippen LogP contribution in [0.4, 0.5) is 31.1 Å². The summed E-state index contributed by atoms with van der Waals surface area (Å²) < 4.78 is 111. The van der Waals surface area contributed by atoms with Crippen LogP contribution in [-0.2, 0) is 31.0 Å². The van der Waals surface area contributed by atoms with Crippen molar-refractivity contribution in [2.75, 3.05) is 11.5 Å².